The van der Waals surface area contributed by atoms with E-state index in [1.54, 1.807) is 48.5 Å². The molecular weight excluding hydrogens is 438 g/mol. The first-order valence-electron chi connectivity index (χ1n) is 11.3. The summed E-state index contributed by atoms with van der Waals surface area (Å²) in [6.07, 6.45) is 0.429. The Kier molecular flexibility index (Phi) is 5.57. The molecule has 2 bridgehead atoms. The number of aliphatic carboxylic acids is 1. The number of benzene rings is 2. The highest BCUT2D eigenvalue weighted by Gasteiger charge is 2.56. The average Bonchev–Trinajstić information content (AvgIpc) is 3.54. The molecule has 0 radical (unpaired) electrons. The van der Waals surface area contributed by atoms with Gasteiger partial charge in [0, 0.05) is 13.1 Å². The highest BCUT2D eigenvalue weighted by Crippen LogP contribution is 2.43. The van der Waals surface area contributed by atoms with Crippen LogP contribution in [0.4, 0.5) is 4.79 Å². The summed E-state index contributed by atoms with van der Waals surface area (Å²) in [5, 5.41) is 15.1. The molecule has 4 unspecified atom stereocenters. The van der Waals surface area contributed by atoms with Crippen molar-refractivity contribution < 1.29 is 29.0 Å². The molecule has 5 rings (SSSR count). The van der Waals surface area contributed by atoms with E-state index in [1.807, 2.05) is 12.1 Å². The summed E-state index contributed by atoms with van der Waals surface area (Å²) in [6.45, 7) is -0.0326. The Labute approximate surface area is 196 Å². The van der Waals surface area contributed by atoms with Crippen molar-refractivity contribution in [3.8, 4) is 0 Å². The monoisotopic (exact) mass is 463 g/mol. The number of nitrogens with zero attached hydrogens (tertiary/aromatic N) is 1. The minimum atomic E-state index is -1.36. The molecule has 9 heteroatoms. The second-order valence-corrected chi connectivity index (χ2v) is 8.84. The van der Waals surface area contributed by atoms with Crippen LogP contribution in [-0.4, -0.2) is 59.1 Å². The van der Waals surface area contributed by atoms with Gasteiger partial charge in [-0.15, -0.1) is 0 Å². The number of fused-ring (bicyclic) bond motifs is 2. The second-order valence-electron chi connectivity index (χ2n) is 8.84. The van der Waals surface area contributed by atoms with E-state index in [0.717, 1.165) is 4.90 Å². The number of carboxylic acids is 1. The second kappa shape index (κ2) is 8.57. The molecule has 0 aromatic heterocycles. The normalized spacial score (nSPS) is 27.0. The van der Waals surface area contributed by atoms with Gasteiger partial charge in [-0.2, -0.15) is 0 Å². The zero-order chi connectivity index (χ0) is 23.9. The van der Waals surface area contributed by atoms with Crippen molar-refractivity contribution in [1.82, 2.24) is 15.5 Å². The Morgan fingerprint density at radius 2 is 1.53 bits per heavy atom. The highest BCUT2D eigenvalue weighted by atomic mass is 16.5. The predicted molar refractivity (Wildman–Crippen MR) is 119 cm³/mol. The van der Waals surface area contributed by atoms with Gasteiger partial charge in [0.2, 0.25) is 5.91 Å². The summed E-state index contributed by atoms with van der Waals surface area (Å²) >= 11 is 0. The maximum absolute atomic E-state index is 13.6. The molecule has 0 saturated carbocycles. The number of rotatable bonds is 7. The van der Waals surface area contributed by atoms with E-state index >= 15 is 0 Å². The van der Waals surface area contributed by atoms with Crippen LogP contribution in [0.5, 0.6) is 0 Å². The third-order valence-corrected chi connectivity index (χ3v) is 7.01. The van der Waals surface area contributed by atoms with E-state index in [2.05, 4.69) is 10.6 Å². The van der Waals surface area contributed by atoms with E-state index in [1.165, 1.54) is 0 Å². The van der Waals surface area contributed by atoms with Crippen molar-refractivity contribution in [2.45, 2.75) is 30.6 Å². The lowest BCUT2D eigenvalue weighted by molar-refractivity contribution is -0.147. The molecule has 3 saturated heterocycles. The van der Waals surface area contributed by atoms with Crippen LogP contribution in [0.25, 0.3) is 0 Å². The molecule has 3 aliphatic heterocycles. The fourth-order valence-electron chi connectivity index (χ4n) is 5.45. The number of hydrogen-bond acceptors (Lipinski definition) is 5. The van der Waals surface area contributed by atoms with Crippen molar-refractivity contribution in [3.05, 3.63) is 71.8 Å². The minimum Gasteiger partial charge on any atom is -0.481 e. The first kappa shape index (κ1) is 22.1. The number of carbonyl (C=O) groups is 4. The van der Waals surface area contributed by atoms with Crippen molar-refractivity contribution >= 4 is 23.8 Å². The van der Waals surface area contributed by atoms with Crippen LogP contribution in [0.3, 0.4) is 0 Å². The molecule has 34 heavy (non-hydrogen) atoms. The van der Waals surface area contributed by atoms with Crippen LogP contribution in [0.15, 0.2) is 60.7 Å². The lowest BCUT2D eigenvalue weighted by Gasteiger charge is -2.28. The number of hydrogen-bond donors (Lipinski definition) is 3. The minimum absolute atomic E-state index is 0.0118. The SMILES string of the molecule is O=C(O)C1C2CCC(O2)C1C(=O)NCCN1C(=O)NC(c2ccccc2)(c2ccccc2)C1=O. The van der Waals surface area contributed by atoms with Gasteiger partial charge in [0.15, 0.2) is 5.54 Å². The summed E-state index contributed by atoms with van der Waals surface area (Å²) < 4.78 is 5.65. The molecule has 2 aromatic rings. The summed E-state index contributed by atoms with van der Waals surface area (Å²) in [4.78, 5) is 52.1. The summed E-state index contributed by atoms with van der Waals surface area (Å²) in [5.41, 5.74) is -0.0970. The Hall–Kier alpha value is -3.72. The maximum atomic E-state index is 13.6. The average molecular weight is 463 g/mol. The number of carboxylic acid groups (broad SMARTS) is 1. The van der Waals surface area contributed by atoms with Gasteiger partial charge in [0.25, 0.3) is 5.91 Å². The van der Waals surface area contributed by atoms with Gasteiger partial charge in [-0.25, -0.2) is 4.79 Å². The topological polar surface area (TPSA) is 125 Å². The molecule has 176 valence electrons. The molecule has 3 aliphatic rings. The van der Waals surface area contributed by atoms with Gasteiger partial charge in [-0.05, 0) is 24.0 Å². The fourth-order valence-corrected chi connectivity index (χ4v) is 5.45. The maximum Gasteiger partial charge on any atom is 0.325 e. The fraction of sp³-hybridized carbons (Fsp3) is 0.360. The van der Waals surface area contributed by atoms with Crippen LogP contribution in [0.1, 0.15) is 24.0 Å². The molecule has 3 heterocycles. The lowest BCUT2D eigenvalue weighted by Crippen LogP contribution is -2.47. The zero-order valence-corrected chi connectivity index (χ0v) is 18.3. The molecule has 3 fully saturated rings. The first-order chi connectivity index (χ1) is 16.4. The number of imide groups is 1. The van der Waals surface area contributed by atoms with E-state index in [0.29, 0.717) is 24.0 Å². The molecule has 3 N–H and O–H groups in total. The molecule has 9 nitrogen and oxygen atoms in total. The summed E-state index contributed by atoms with van der Waals surface area (Å²) in [6, 6.07) is 17.5. The Bertz CT molecular complexity index is 1080. The standard InChI is InChI=1S/C25H25N3O6/c29-21(19-17-11-12-18(34-17)20(19)22(30)31)26-13-14-28-23(32)25(27-24(28)33,15-7-3-1-4-8-15)16-9-5-2-6-10-16/h1-10,17-20H,11-14H2,(H,26,29)(H,27,33)(H,30,31). The Morgan fingerprint density at radius 1 is 0.971 bits per heavy atom. The van der Waals surface area contributed by atoms with Crippen LogP contribution in [0.2, 0.25) is 0 Å². The van der Waals surface area contributed by atoms with Crippen LogP contribution >= 0.6 is 0 Å². The van der Waals surface area contributed by atoms with Gasteiger partial charge >= 0.3 is 12.0 Å². The summed E-state index contributed by atoms with van der Waals surface area (Å²) in [7, 11) is 0. The number of urea groups is 1. The lowest BCUT2D eigenvalue weighted by atomic mass is 9.79. The quantitative estimate of drug-likeness (QED) is 0.534. The molecule has 4 atom stereocenters. The van der Waals surface area contributed by atoms with Crippen molar-refractivity contribution in [2.75, 3.05) is 13.1 Å². The van der Waals surface area contributed by atoms with Crippen molar-refractivity contribution in [1.29, 1.82) is 0 Å². The first-order valence-corrected chi connectivity index (χ1v) is 11.3. The molecule has 2 aromatic carbocycles. The van der Waals surface area contributed by atoms with Crippen LogP contribution in [-0.2, 0) is 24.7 Å². The zero-order valence-electron chi connectivity index (χ0n) is 18.3. The smallest absolute Gasteiger partial charge is 0.325 e. The van der Waals surface area contributed by atoms with E-state index in [9.17, 15) is 24.3 Å². The van der Waals surface area contributed by atoms with Gasteiger partial charge in [-0.3, -0.25) is 19.3 Å². The molecule has 4 amide bonds. The number of carbonyl (C=O) groups excluding carboxylic acids is 3. The van der Waals surface area contributed by atoms with Crippen molar-refractivity contribution in [3.63, 3.8) is 0 Å². The van der Waals surface area contributed by atoms with Crippen molar-refractivity contribution in [2.24, 2.45) is 11.8 Å². The molecule has 0 spiro atoms. The van der Waals surface area contributed by atoms with Crippen LogP contribution in [0, 0.1) is 11.8 Å². The Morgan fingerprint density at radius 3 is 2.09 bits per heavy atom. The molecular formula is C25H25N3O6. The summed E-state index contributed by atoms with van der Waals surface area (Å²) in [5.74, 6) is -3.55. The van der Waals surface area contributed by atoms with Gasteiger partial charge in [0.1, 0.15) is 0 Å². The number of nitrogens with one attached hydrogen (secondary N) is 2. The van der Waals surface area contributed by atoms with Gasteiger partial charge in [0.05, 0.1) is 24.0 Å². The predicted octanol–water partition coefficient (Wildman–Crippen LogP) is 1.48. The van der Waals surface area contributed by atoms with E-state index < -0.39 is 53.4 Å². The number of ether oxygens (including phenoxy) is 1. The van der Waals surface area contributed by atoms with Crippen LogP contribution < -0.4 is 10.6 Å². The number of amides is 4. The van der Waals surface area contributed by atoms with Gasteiger partial charge < -0.3 is 20.5 Å². The Balaban J connectivity index is 1.32. The molecule has 0 aliphatic carbocycles. The highest BCUT2D eigenvalue weighted by molar-refractivity contribution is 6.09. The van der Waals surface area contributed by atoms with E-state index in [4.69, 9.17) is 4.74 Å². The third-order valence-electron chi connectivity index (χ3n) is 7.01. The van der Waals surface area contributed by atoms with Gasteiger partial charge in [-0.1, -0.05) is 60.7 Å². The van der Waals surface area contributed by atoms with E-state index in [-0.39, 0.29) is 13.1 Å². The largest absolute Gasteiger partial charge is 0.481 e. The third kappa shape index (κ3) is 3.43.